The largest absolute Gasteiger partial charge is 0.392 e. The molecule has 0 radical (unpaired) electrons. The summed E-state index contributed by atoms with van der Waals surface area (Å²) in [5, 5.41) is 18.1. The van der Waals surface area contributed by atoms with Crippen molar-refractivity contribution in [1.29, 1.82) is 0 Å². The Morgan fingerprint density at radius 1 is 1.43 bits per heavy atom. The molecule has 0 aromatic carbocycles. The van der Waals surface area contributed by atoms with Gasteiger partial charge in [0.25, 0.3) is 0 Å². The summed E-state index contributed by atoms with van der Waals surface area (Å²) in [5.41, 5.74) is 1.09. The van der Waals surface area contributed by atoms with E-state index >= 15 is 0 Å². The van der Waals surface area contributed by atoms with E-state index in [0.29, 0.717) is 11.7 Å². The van der Waals surface area contributed by atoms with E-state index in [1.54, 1.807) is 4.68 Å². The molecule has 3 N–H and O–H groups in total. The van der Waals surface area contributed by atoms with Crippen molar-refractivity contribution in [2.75, 3.05) is 11.9 Å². The number of carbonyl (C=O) groups excluding carboxylic acids is 2. The van der Waals surface area contributed by atoms with Crippen LogP contribution in [0.4, 0.5) is 5.82 Å². The van der Waals surface area contributed by atoms with Crippen LogP contribution in [0.2, 0.25) is 0 Å². The van der Waals surface area contributed by atoms with Crippen molar-refractivity contribution in [3.05, 3.63) is 11.8 Å². The lowest BCUT2D eigenvalue weighted by Gasteiger charge is -2.07. The molecule has 1 aliphatic carbocycles. The van der Waals surface area contributed by atoms with Gasteiger partial charge in [-0.2, -0.15) is 5.10 Å². The predicted octanol–water partition coefficient (Wildman–Crippen LogP) is 0.513. The second-order valence-electron chi connectivity index (χ2n) is 5.57. The molecule has 0 unspecified atom stereocenters. The van der Waals surface area contributed by atoms with Crippen LogP contribution >= 0.6 is 0 Å². The summed E-state index contributed by atoms with van der Waals surface area (Å²) >= 11 is 0. The molecule has 1 fully saturated rings. The minimum atomic E-state index is -0.774. The first-order valence-electron chi connectivity index (χ1n) is 7.28. The van der Waals surface area contributed by atoms with E-state index in [1.807, 2.05) is 13.1 Å². The topological polar surface area (TPSA) is 96.3 Å². The Balaban J connectivity index is 1.95. The van der Waals surface area contributed by atoms with E-state index < -0.39 is 17.9 Å². The first kappa shape index (κ1) is 15.5. The molecule has 0 spiro atoms. The van der Waals surface area contributed by atoms with E-state index in [1.165, 1.54) is 19.8 Å². The molecule has 0 bridgehead atoms. The van der Waals surface area contributed by atoms with E-state index in [-0.39, 0.29) is 6.54 Å². The number of hydrogen-bond donors (Lipinski definition) is 3. The highest BCUT2D eigenvalue weighted by Gasteiger charge is 2.22. The maximum absolute atomic E-state index is 11.7. The van der Waals surface area contributed by atoms with Crippen molar-refractivity contribution in [2.24, 2.45) is 7.05 Å². The summed E-state index contributed by atoms with van der Waals surface area (Å²) in [4.78, 5) is 23.2. The second kappa shape index (κ2) is 6.71. The van der Waals surface area contributed by atoms with Gasteiger partial charge in [-0.3, -0.25) is 14.3 Å². The molecule has 0 saturated heterocycles. The lowest BCUT2D eigenvalue weighted by Crippen LogP contribution is -2.38. The highest BCUT2D eigenvalue weighted by atomic mass is 16.3. The van der Waals surface area contributed by atoms with Gasteiger partial charge in [0, 0.05) is 31.3 Å². The summed E-state index contributed by atoms with van der Waals surface area (Å²) in [6.07, 6.45) is 4.04. The van der Waals surface area contributed by atoms with Gasteiger partial charge >= 0.3 is 11.8 Å². The smallest absolute Gasteiger partial charge is 0.314 e. The molecule has 1 aliphatic rings. The number of nitrogens with zero attached hydrogens (tertiary/aromatic N) is 2. The number of anilines is 1. The summed E-state index contributed by atoms with van der Waals surface area (Å²) in [6, 6.07) is 1.83. The highest BCUT2D eigenvalue weighted by molar-refractivity contribution is 6.39. The number of rotatable bonds is 4. The number of aliphatic hydroxyl groups excluding tert-OH is 1. The molecule has 1 saturated carbocycles. The zero-order chi connectivity index (χ0) is 15.4. The molecule has 2 rings (SSSR count). The highest BCUT2D eigenvalue weighted by Crippen LogP contribution is 2.34. The maximum atomic E-state index is 11.7. The van der Waals surface area contributed by atoms with Gasteiger partial charge in [-0.05, 0) is 19.8 Å². The molecule has 7 heteroatoms. The molecule has 1 heterocycles. The molecule has 7 nitrogen and oxygen atoms in total. The number of amides is 2. The zero-order valence-corrected chi connectivity index (χ0v) is 12.4. The Bertz CT molecular complexity index is 518. The fourth-order valence-corrected chi connectivity index (χ4v) is 2.64. The lowest BCUT2D eigenvalue weighted by molar-refractivity contribution is -0.136. The van der Waals surface area contributed by atoms with Crippen molar-refractivity contribution in [1.82, 2.24) is 15.1 Å². The first-order chi connectivity index (χ1) is 9.97. The number of aromatic nitrogens is 2. The van der Waals surface area contributed by atoms with Crippen LogP contribution in [0.25, 0.3) is 0 Å². The minimum Gasteiger partial charge on any atom is -0.392 e. The van der Waals surface area contributed by atoms with Gasteiger partial charge in [-0.1, -0.05) is 12.8 Å². The van der Waals surface area contributed by atoms with Gasteiger partial charge in [-0.15, -0.1) is 0 Å². The summed E-state index contributed by atoms with van der Waals surface area (Å²) < 4.78 is 1.76. The van der Waals surface area contributed by atoms with E-state index in [0.717, 1.165) is 18.5 Å². The molecule has 1 aromatic rings. The van der Waals surface area contributed by atoms with Crippen molar-refractivity contribution < 1.29 is 14.7 Å². The van der Waals surface area contributed by atoms with Gasteiger partial charge in [0.2, 0.25) is 0 Å². The fraction of sp³-hybridized carbons (Fsp3) is 0.643. The maximum Gasteiger partial charge on any atom is 0.314 e. The third-order valence-corrected chi connectivity index (χ3v) is 3.70. The number of carbonyl (C=O) groups is 2. The van der Waals surface area contributed by atoms with Crippen molar-refractivity contribution >= 4 is 17.6 Å². The van der Waals surface area contributed by atoms with Gasteiger partial charge in [0.15, 0.2) is 5.82 Å². The normalized spacial score (nSPS) is 16.7. The predicted molar refractivity (Wildman–Crippen MR) is 77.7 cm³/mol. The number of aliphatic hydroxyl groups is 1. The molecule has 0 aliphatic heterocycles. The average Bonchev–Trinajstić information content (AvgIpc) is 3.05. The molecule has 1 aromatic heterocycles. The summed E-state index contributed by atoms with van der Waals surface area (Å²) in [6.45, 7) is 1.58. The van der Waals surface area contributed by atoms with Crippen LogP contribution in [0, 0.1) is 0 Å². The first-order valence-corrected chi connectivity index (χ1v) is 7.28. The number of hydrogen-bond acceptors (Lipinski definition) is 4. The number of nitrogens with one attached hydrogen (secondary N) is 2. The Kier molecular flexibility index (Phi) is 4.95. The molecule has 1 atom stereocenters. The minimum absolute atomic E-state index is 0.0434. The molecular formula is C14H22N4O3. The van der Waals surface area contributed by atoms with Crippen LogP contribution in [-0.2, 0) is 16.6 Å². The van der Waals surface area contributed by atoms with Crippen LogP contribution in [0.1, 0.15) is 44.2 Å². The average molecular weight is 294 g/mol. The van der Waals surface area contributed by atoms with E-state index in [2.05, 4.69) is 15.7 Å². The Morgan fingerprint density at radius 2 is 2.10 bits per heavy atom. The lowest BCUT2D eigenvalue weighted by atomic mass is 10.0. The van der Waals surface area contributed by atoms with Crippen LogP contribution in [0.3, 0.4) is 0 Å². The monoisotopic (exact) mass is 294 g/mol. The fourth-order valence-electron chi connectivity index (χ4n) is 2.64. The zero-order valence-electron chi connectivity index (χ0n) is 12.4. The standard InChI is InChI=1S/C14H22N4O3/c1-9(19)8-15-13(20)14(21)16-12-7-11(18(2)17-12)10-5-3-4-6-10/h7,9-10,19H,3-6,8H2,1-2H3,(H,15,20)(H,16,17,21)/t9-/m0/s1. The molecule has 116 valence electrons. The van der Waals surface area contributed by atoms with Crippen molar-refractivity contribution in [3.63, 3.8) is 0 Å². The van der Waals surface area contributed by atoms with Crippen molar-refractivity contribution in [2.45, 2.75) is 44.6 Å². The quantitative estimate of drug-likeness (QED) is 0.705. The Hall–Kier alpha value is -1.89. The third kappa shape index (κ3) is 4.04. The Morgan fingerprint density at radius 3 is 2.71 bits per heavy atom. The summed E-state index contributed by atoms with van der Waals surface area (Å²) in [7, 11) is 1.84. The second-order valence-corrected chi connectivity index (χ2v) is 5.57. The molecule has 2 amide bonds. The van der Waals surface area contributed by atoms with Crippen LogP contribution in [0.5, 0.6) is 0 Å². The third-order valence-electron chi connectivity index (χ3n) is 3.70. The van der Waals surface area contributed by atoms with Crippen LogP contribution < -0.4 is 10.6 Å². The summed E-state index contributed by atoms with van der Waals surface area (Å²) in [5.74, 6) is -0.676. The van der Waals surface area contributed by atoms with Gasteiger partial charge in [-0.25, -0.2) is 0 Å². The SMILES string of the molecule is C[C@H](O)CNC(=O)C(=O)Nc1cc(C2CCCC2)n(C)n1. The molecular weight excluding hydrogens is 272 g/mol. The van der Waals surface area contributed by atoms with Crippen LogP contribution in [-0.4, -0.2) is 39.4 Å². The molecule has 21 heavy (non-hydrogen) atoms. The van der Waals surface area contributed by atoms with Gasteiger partial charge in [0.1, 0.15) is 0 Å². The Labute approximate surface area is 123 Å². The number of aryl methyl sites for hydroxylation is 1. The van der Waals surface area contributed by atoms with Gasteiger partial charge < -0.3 is 15.7 Å². The van der Waals surface area contributed by atoms with E-state index in [4.69, 9.17) is 5.11 Å². The van der Waals surface area contributed by atoms with E-state index in [9.17, 15) is 9.59 Å². The van der Waals surface area contributed by atoms with Gasteiger partial charge in [0.05, 0.1) is 6.10 Å². The van der Waals surface area contributed by atoms with Crippen molar-refractivity contribution in [3.8, 4) is 0 Å². The van der Waals surface area contributed by atoms with Crippen LogP contribution in [0.15, 0.2) is 6.07 Å².